The van der Waals surface area contributed by atoms with Gasteiger partial charge in [0, 0.05) is 6.20 Å². The first-order valence-electron chi connectivity index (χ1n) is 4.34. The van der Waals surface area contributed by atoms with Crippen LogP contribution < -0.4 is 4.74 Å². The van der Waals surface area contributed by atoms with Crippen LogP contribution in [0.1, 0.15) is 10.5 Å². The molecule has 0 aliphatic carbocycles. The molecular formula is C10H9N3O2. The number of carbonyl (C=O) groups is 1. The average molecular weight is 203 g/mol. The summed E-state index contributed by atoms with van der Waals surface area (Å²) in [4.78, 5) is 21.4. The number of aldehydes is 1. The maximum atomic E-state index is 10.5. The second-order valence-electron chi connectivity index (χ2n) is 2.87. The summed E-state index contributed by atoms with van der Waals surface area (Å²) in [5.41, 5.74) is 1.16. The molecule has 0 radical (unpaired) electrons. The molecule has 0 atom stereocenters. The molecule has 76 valence electrons. The van der Waals surface area contributed by atoms with Crippen LogP contribution in [0.15, 0.2) is 24.5 Å². The van der Waals surface area contributed by atoms with Crippen molar-refractivity contribution in [2.24, 2.45) is 0 Å². The highest BCUT2D eigenvalue weighted by molar-refractivity contribution is 5.74. The molecule has 0 bridgehead atoms. The Morgan fingerprint density at radius 2 is 2.33 bits per heavy atom. The zero-order valence-corrected chi connectivity index (χ0v) is 8.10. The van der Waals surface area contributed by atoms with Crippen LogP contribution in [0.5, 0.6) is 5.88 Å². The van der Waals surface area contributed by atoms with E-state index in [1.54, 1.807) is 12.3 Å². The average Bonchev–Trinajstić information content (AvgIpc) is 2.77. The first kappa shape index (κ1) is 9.39. The number of nitrogens with zero attached hydrogens (tertiary/aromatic N) is 2. The summed E-state index contributed by atoms with van der Waals surface area (Å²) >= 11 is 0. The van der Waals surface area contributed by atoms with E-state index in [9.17, 15) is 4.79 Å². The van der Waals surface area contributed by atoms with Crippen LogP contribution in [0.25, 0.3) is 11.4 Å². The molecule has 0 unspecified atom stereocenters. The number of ether oxygens (including phenoxy) is 1. The van der Waals surface area contributed by atoms with Crippen LogP contribution >= 0.6 is 0 Å². The fourth-order valence-electron chi connectivity index (χ4n) is 1.27. The minimum atomic E-state index is 0.427. The van der Waals surface area contributed by atoms with Gasteiger partial charge in [0.2, 0.25) is 5.88 Å². The number of pyridine rings is 1. The molecule has 0 saturated heterocycles. The normalized spacial score (nSPS) is 9.93. The summed E-state index contributed by atoms with van der Waals surface area (Å²) < 4.78 is 5.08. The lowest BCUT2D eigenvalue weighted by atomic mass is 10.2. The van der Waals surface area contributed by atoms with Crippen molar-refractivity contribution in [3.05, 3.63) is 30.2 Å². The van der Waals surface area contributed by atoms with E-state index >= 15 is 0 Å². The summed E-state index contributed by atoms with van der Waals surface area (Å²) in [6.45, 7) is 0. The minimum absolute atomic E-state index is 0.427. The summed E-state index contributed by atoms with van der Waals surface area (Å²) in [7, 11) is 1.54. The van der Waals surface area contributed by atoms with Crippen molar-refractivity contribution in [1.82, 2.24) is 15.0 Å². The lowest BCUT2D eigenvalue weighted by molar-refractivity contribution is 0.111. The maximum Gasteiger partial charge on any atom is 0.224 e. The summed E-state index contributed by atoms with van der Waals surface area (Å²) in [5, 5.41) is 0. The molecule has 0 aliphatic rings. The van der Waals surface area contributed by atoms with E-state index in [1.807, 2.05) is 6.07 Å². The summed E-state index contributed by atoms with van der Waals surface area (Å²) in [6.07, 6.45) is 3.81. The highest BCUT2D eigenvalue weighted by atomic mass is 16.5. The van der Waals surface area contributed by atoms with Gasteiger partial charge >= 0.3 is 0 Å². The zero-order valence-electron chi connectivity index (χ0n) is 8.10. The third kappa shape index (κ3) is 1.71. The topological polar surface area (TPSA) is 67.9 Å². The van der Waals surface area contributed by atoms with Crippen LogP contribution in [0.3, 0.4) is 0 Å². The predicted molar refractivity (Wildman–Crippen MR) is 53.8 cm³/mol. The standard InChI is InChI=1S/C10H9N3O2/c1-15-10-8(3-2-4-11-10)9-12-5-7(6-14)13-9/h2-6H,1H3,(H,12,13). The van der Waals surface area contributed by atoms with E-state index in [0.717, 1.165) is 5.56 Å². The Bertz CT molecular complexity index is 479. The molecule has 2 rings (SSSR count). The van der Waals surface area contributed by atoms with Gasteiger partial charge in [-0.3, -0.25) is 4.79 Å². The molecule has 2 heterocycles. The van der Waals surface area contributed by atoms with Crippen LogP contribution in [0.4, 0.5) is 0 Å². The van der Waals surface area contributed by atoms with Crippen molar-refractivity contribution >= 4 is 6.29 Å². The number of aromatic nitrogens is 3. The van der Waals surface area contributed by atoms with Gasteiger partial charge in [0.15, 0.2) is 6.29 Å². The van der Waals surface area contributed by atoms with Gasteiger partial charge in [-0.05, 0) is 12.1 Å². The van der Waals surface area contributed by atoms with Crippen LogP contribution in [0.2, 0.25) is 0 Å². The molecule has 15 heavy (non-hydrogen) atoms. The lowest BCUT2D eigenvalue weighted by Crippen LogP contribution is -1.92. The Morgan fingerprint density at radius 1 is 1.47 bits per heavy atom. The largest absolute Gasteiger partial charge is 0.480 e. The van der Waals surface area contributed by atoms with Crippen molar-refractivity contribution in [3.63, 3.8) is 0 Å². The Hall–Kier alpha value is -2.17. The Balaban J connectivity index is 2.48. The number of H-pyrrole nitrogens is 1. The van der Waals surface area contributed by atoms with E-state index in [4.69, 9.17) is 4.74 Å². The smallest absolute Gasteiger partial charge is 0.224 e. The molecule has 2 aromatic heterocycles. The number of rotatable bonds is 3. The van der Waals surface area contributed by atoms with Gasteiger partial charge in [0.25, 0.3) is 0 Å². The van der Waals surface area contributed by atoms with E-state index in [1.165, 1.54) is 13.3 Å². The Kier molecular flexibility index (Phi) is 2.45. The van der Waals surface area contributed by atoms with Gasteiger partial charge in [-0.25, -0.2) is 9.97 Å². The Labute approximate surface area is 86.1 Å². The van der Waals surface area contributed by atoms with Gasteiger partial charge in [0.05, 0.1) is 24.6 Å². The van der Waals surface area contributed by atoms with Crippen LogP contribution in [-0.2, 0) is 0 Å². The number of carbonyl (C=O) groups excluding carboxylic acids is 1. The number of aromatic amines is 1. The van der Waals surface area contributed by atoms with Crippen LogP contribution in [0, 0.1) is 0 Å². The zero-order chi connectivity index (χ0) is 10.7. The maximum absolute atomic E-state index is 10.5. The molecule has 2 aromatic rings. The molecular weight excluding hydrogens is 194 g/mol. The SMILES string of the molecule is COc1ncccc1-c1ncc(C=O)[nH]1. The second kappa shape index (κ2) is 3.91. The van der Waals surface area contributed by atoms with Crippen molar-refractivity contribution in [1.29, 1.82) is 0 Å². The molecule has 0 amide bonds. The van der Waals surface area contributed by atoms with E-state index in [0.29, 0.717) is 23.7 Å². The van der Waals surface area contributed by atoms with Crippen molar-refractivity contribution in [2.75, 3.05) is 7.11 Å². The first-order valence-corrected chi connectivity index (χ1v) is 4.34. The molecule has 0 fully saturated rings. The molecule has 1 N–H and O–H groups in total. The number of nitrogens with one attached hydrogen (secondary N) is 1. The molecule has 0 spiro atoms. The first-order chi connectivity index (χ1) is 7.35. The fourth-order valence-corrected chi connectivity index (χ4v) is 1.27. The lowest BCUT2D eigenvalue weighted by Gasteiger charge is -2.03. The predicted octanol–water partition coefficient (Wildman–Crippen LogP) is 1.29. The third-order valence-corrected chi connectivity index (χ3v) is 1.94. The highest BCUT2D eigenvalue weighted by Gasteiger charge is 2.09. The number of hydrogen-bond donors (Lipinski definition) is 1. The van der Waals surface area contributed by atoms with E-state index < -0.39 is 0 Å². The summed E-state index contributed by atoms with van der Waals surface area (Å²) in [6, 6.07) is 3.60. The van der Waals surface area contributed by atoms with Gasteiger partial charge in [-0.1, -0.05) is 0 Å². The Morgan fingerprint density at radius 3 is 3.00 bits per heavy atom. The molecule has 0 aromatic carbocycles. The molecule has 0 aliphatic heterocycles. The van der Waals surface area contributed by atoms with Crippen LogP contribution in [-0.4, -0.2) is 28.3 Å². The molecule has 0 saturated carbocycles. The van der Waals surface area contributed by atoms with Crippen molar-refractivity contribution in [2.45, 2.75) is 0 Å². The van der Waals surface area contributed by atoms with Gasteiger partial charge < -0.3 is 9.72 Å². The molecule has 5 nitrogen and oxygen atoms in total. The van der Waals surface area contributed by atoms with E-state index in [-0.39, 0.29) is 0 Å². The van der Waals surface area contributed by atoms with Gasteiger partial charge in [-0.15, -0.1) is 0 Å². The highest BCUT2D eigenvalue weighted by Crippen LogP contribution is 2.24. The van der Waals surface area contributed by atoms with Crippen molar-refractivity contribution < 1.29 is 9.53 Å². The second-order valence-corrected chi connectivity index (χ2v) is 2.87. The van der Waals surface area contributed by atoms with Gasteiger partial charge in [0.1, 0.15) is 5.82 Å². The minimum Gasteiger partial charge on any atom is -0.480 e. The number of hydrogen-bond acceptors (Lipinski definition) is 4. The van der Waals surface area contributed by atoms with E-state index in [2.05, 4.69) is 15.0 Å². The molecule has 5 heteroatoms. The third-order valence-electron chi connectivity index (χ3n) is 1.94. The number of methoxy groups -OCH3 is 1. The fraction of sp³-hybridized carbons (Fsp3) is 0.100. The van der Waals surface area contributed by atoms with Crippen molar-refractivity contribution in [3.8, 4) is 17.3 Å². The quantitative estimate of drug-likeness (QED) is 0.763. The number of imidazole rings is 1. The summed E-state index contributed by atoms with van der Waals surface area (Å²) in [5.74, 6) is 1.05. The monoisotopic (exact) mass is 203 g/mol. The van der Waals surface area contributed by atoms with Gasteiger partial charge in [-0.2, -0.15) is 0 Å².